The Hall–Kier alpha value is -2.63. The molecule has 2 aromatic heterocycles. The summed E-state index contributed by atoms with van der Waals surface area (Å²) < 4.78 is 1.81. The minimum atomic E-state index is -0.390. The van der Waals surface area contributed by atoms with Crippen molar-refractivity contribution in [2.75, 3.05) is 0 Å². The van der Waals surface area contributed by atoms with Gasteiger partial charge in [0.25, 0.3) is 5.69 Å². The van der Waals surface area contributed by atoms with E-state index in [-0.39, 0.29) is 5.69 Å². The molecule has 0 amide bonds. The number of hydrogen-bond acceptors (Lipinski definition) is 3. The van der Waals surface area contributed by atoms with Gasteiger partial charge in [0.15, 0.2) is 0 Å². The highest BCUT2D eigenvalue weighted by atomic mass is 16.6. The van der Waals surface area contributed by atoms with Crippen LogP contribution >= 0.6 is 0 Å². The van der Waals surface area contributed by atoms with Crippen molar-refractivity contribution >= 4 is 16.6 Å². The molecule has 0 atom stereocenters. The fourth-order valence-electron chi connectivity index (χ4n) is 2.02. The minimum absolute atomic E-state index is 0.0720. The molecule has 0 radical (unpaired) electrons. The molecule has 18 heavy (non-hydrogen) atoms. The maximum absolute atomic E-state index is 10.9. The van der Waals surface area contributed by atoms with Gasteiger partial charge in [0.2, 0.25) is 0 Å². The number of nitrogens with zero attached hydrogens (tertiary/aromatic N) is 3. The molecular weight excluding hydrogens is 232 g/mol. The van der Waals surface area contributed by atoms with Gasteiger partial charge in [0.1, 0.15) is 0 Å². The molecule has 0 saturated heterocycles. The number of nitro groups is 1. The minimum Gasteiger partial charge on any atom is -0.361 e. The van der Waals surface area contributed by atoms with E-state index in [9.17, 15) is 10.1 Å². The quantitative estimate of drug-likeness (QED) is 0.554. The van der Waals surface area contributed by atoms with Crippen molar-refractivity contribution in [3.63, 3.8) is 0 Å². The fourth-order valence-corrected chi connectivity index (χ4v) is 2.02. The summed E-state index contributed by atoms with van der Waals surface area (Å²) in [6, 6.07) is 4.91. The molecule has 90 valence electrons. The Morgan fingerprint density at radius 2 is 2.28 bits per heavy atom. The molecule has 0 saturated carbocycles. The number of imidazole rings is 1. The molecule has 3 aromatic rings. The second kappa shape index (κ2) is 3.69. The zero-order valence-corrected chi connectivity index (χ0v) is 9.62. The molecule has 6 nitrogen and oxygen atoms in total. The number of benzene rings is 1. The van der Waals surface area contributed by atoms with Crippen LogP contribution in [-0.4, -0.2) is 19.5 Å². The van der Waals surface area contributed by atoms with Crippen LogP contribution < -0.4 is 0 Å². The second-order valence-corrected chi connectivity index (χ2v) is 4.12. The average molecular weight is 242 g/mol. The van der Waals surface area contributed by atoms with Gasteiger partial charge in [-0.25, -0.2) is 4.98 Å². The first kappa shape index (κ1) is 10.5. The number of nitro benzene ring substituents is 1. The van der Waals surface area contributed by atoms with Crippen LogP contribution in [0.4, 0.5) is 5.69 Å². The highest BCUT2D eigenvalue weighted by Crippen LogP contribution is 2.31. The molecule has 3 rings (SSSR count). The first-order valence-electron chi connectivity index (χ1n) is 5.39. The molecule has 0 fully saturated rings. The van der Waals surface area contributed by atoms with E-state index >= 15 is 0 Å². The van der Waals surface area contributed by atoms with Crippen LogP contribution in [0.5, 0.6) is 0 Å². The van der Waals surface area contributed by atoms with Crippen LogP contribution in [0.3, 0.4) is 0 Å². The topological polar surface area (TPSA) is 76.8 Å². The lowest BCUT2D eigenvalue weighted by Gasteiger charge is -2.00. The molecule has 0 aliphatic carbocycles. The number of non-ortho nitro benzene ring substituents is 1. The summed E-state index contributed by atoms with van der Waals surface area (Å²) >= 11 is 0. The third kappa shape index (κ3) is 1.55. The smallest absolute Gasteiger partial charge is 0.270 e. The van der Waals surface area contributed by atoms with Gasteiger partial charge in [-0.15, -0.1) is 0 Å². The maximum atomic E-state index is 10.9. The highest BCUT2D eigenvalue weighted by molar-refractivity contribution is 5.95. The van der Waals surface area contributed by atoms with E-state index in [1.165, 1.54) is 0 Å². The van der Waals surface area contributed by atoms with E-state index in [2.05, 4.69) is 9.97 Å². The Morgan fingerprint density at radius 3 is 2.94 bits per heavy atom. The number of nitrogens with one attached hydrogen (secondary N) is 1. The molecule has 0 spiro atoms. The molecule has 0 unspecified atom stereocenters. The van der Waals surface area contributed by atoms with Gasteiger partial charge in [-0.05, 0) is 6.07 Å². The van der Waals surface area contributed by atoms with E-state index < -0.39 is 4.92 Å². The van der Waals surface area contributed by atoms with Gasteiger partial charge in [0, 0.05) is 42.5 Å². The summed E-state index contributed by atoms with van der Waals surface area (Å²) in [6.45, 7) is 0. The van der Waals surface area contributed by atoms with Crippen molar-refractivity contribution in [1.82, 2.24) is 14.5 Å². The maximum Gasteiger partial charge on any atom is 0.270 e. The lowest BCUT2D eigenvalue weighted by atomic mass is 10.1. The monoisotopic (exact) mass is 242 g/mol. The van der Waals surface area contributed by atoms with Crippen molar-refractivity contribution in [3.05, 3.63) is 47.0 Å². The van der Waals surface area contributed by atoms with E-state index in [4.69, 9.17) is 0 Å². The van der Waals surface area contributed by atoms with Crippen LogP contribution in [0, 0.1) is 10.1 Å². The molecular formula is C12H10N4O2. The summed E-state index contributed by atoms with van der Waals surface area (Å²) in [6.07, 6.45) is 5.27. The van der Waals surface area contributed by atoms with Crippen molar-refractivity contribution in [3.8, 4) is 11.3 Å². The Kier molecular flexibility index (Phi) is 2.16. The second-order valence-electron chi connectivity index (χ2n) is 4.12. The van der Waals surface area contributed by atoms with Gasteiger partial charge >= 0.3 is 0 Å². The Morgan fingerprint density at radius 1 is 1.44 bits per heavy atom. The van der Waals surface area contributed by atoms with Gasteiger partial charge in [-0.3, -0.25) is 10.1 Å². The largest absolute Gasteiger partial charge is 0.361 e. The number of fused-ring (bicyclic) bond motifs is 1. The number of aryl methyl sites for hydroxylation is 1. The van der Waals surface area contributed by atoms with Crippen LogP contribution in [0.1, 0.15) is 0 Å². The van der Waals surface area contributed by atoms with Crippen LogP contribution in [0.2, 0.25) is 0 Å². The average Bonchev–Trinajstić information content (AvgIpc) is 2.95. The standard InChI is InChI=1S/C12H10N4O2/c1-15-6-11(14-7-15)10-5-9(16(17)18)4-8-2-3-13-12(8)10/h2-7,13H,1H3. The molecule has 0 bridgehead atoms. The summed E-state index contributed by atoms with van der Waals surface area (Å²) in [7, 11) is 1.86. The van der Waals surface area contributed by atoms with Crippen molar-refractivity contribution in [1.29, 1.82) is 0 Å². The molecule has 1 N–H and O–H groups in total. The van der Waals surface area contributed by atoms with Crippen molar-refractivity contribution in [2.24, 2.45) is 7.05 Å². The molecule has 6 heteroatoms. The zero-order valence-electron chi connectivity index (χ0n) is 9.62. The van der Waals surface area contributed by atoms with Gasteiger partial charge in [-0.1, -0.05) is 0 Å². The van der Waals surface area contributed by atoms with E-state index in [0.29, 0.717) is 5.69 Å². The number of hydrogen-bond donors (Lipinski definition) is 1. The summed E-state index contributed by atoms with van der Waals surface area (Å²) in [5, 5.41) is 11.7. The van der Waals surface area contributed by atoms with Gasteiger partial charge in [-0.2, -0.15) is 0 Å². The van der Waals surface area contributed by atoms with E-state index in [1.807, 2.05) is 23.9 Å². The van der Waals surface area contributed by atoms with Crippen LogP contribution in [-0.2, 0) is 7.05 Å². The van der Waals surface area contributed by atoms with Gasteiger partial charge < -0.3 is 9.55 Å². The third-order valence-electron chi connectivity index (χ3n) is 2.84. The molecule has 0 aliphatic rings. The lowest BCUT2D eigenvalue weighted by Crippen LogP contribution is -1.90. The summed E-state index contributed by atoms with van der Waals surface area (Å²) in [4.78, 5) is 17.9. The number of H-pyrrole nitrogens is 1. The SMILES string of the molecule is Cn1cnc(-c2cc([N+](=O)[O-])cc3cc[nH]c23)c1. The number of aromatic nitrogens is 3. The third-order valence-corrected chi connectivity index (χ3v) is 2.84. The van der Waals surface area contributed by atoms with Crippen molar-refractivity contribution < 1.29 is 4.92 Å². The van der Waals surface area contributed by atoms with Crippen LogP contribution in [0.15, 0.2) is 36.9 Å². The lowest BCUT2D eigenvalue weighted by molar-refractivity contribution is -0.384. The highest BCUT2D eigenvalue weighted by Gasteiger charge is 2.14. The molecule has 2 heterocycles. The normalized spacial score (nSPS) is 10.9. The van der Waals surface area contributed by atoms with Crippen LogP contribution in [0.25, 0.3) is 22.2 Å². The number of rotatable bonds is 2. The Labute approximate surface area is 102 Å². The first-order chi connectivity index (χ1) is 8.65. The van der Waals surface area contributed by atoms with Gasteiger partial charge in [0.05, 0.1) is 22.5 Å². The fraction of sp³-hybridized carbons (Fsp3) is 0.0833. The summed E-state index contributed by atoms with van der Waals surface area (Å²) in [5.41, 5.74) is 2.39. The van der Waals surface area contributed by atoms with E-state index in [0.717, 1.165) is 16.5 Å². The molecule has 1 aromatic carbocycles. The Bertz CT molecular complexity index is 741. The first-order valence-corrected chi connectivity index (χ1v) is 5.39. The van der Waals surface area contributed by atoms with Crippen molar-refractivity contribution in [2.45, 2.75) is 0 Å². The predicted octanol–water partition coefficient (Wildman–Crippen LogP) is 2.48. The zero-order chi connectivity index (χ0) is 12.7. The molecule has 0 aliphatic heterocycles. The summed E-state index contributed by atoms with van der Waals surface area (Å²) in [5.74, 6) is 0. The van der Waals surface area contributed by atoms with E-state index in [1.54, 1.807) is 24.7 Å². The Balaban J connectivity index is 2.32. The predicted molar refractivity (Wildman–Crippen MR) is 67.2 cm³/mol. The number of aromatic amines is 1.